The third kappa shape index (κ3) is 6.49. The maximum Gasteiger partial charge on any atom is 0.211 e. The first-order chi connectivity index (χ1) is 11.4. The molecule has 0 aliphatic carbocycles. The maximum atomic E-state index is 13.5. The third-order valence-electron chi connectivity index (χ3n) is 4.52. The second-order valence-corrected chi connectivity index (χ2v) is 9.07. The molecule has 2 rings (SSSR count). The monoisotopic (exact) mass is 356 g/mol. The van der Waals surface area contributed by atoms with E-state index in [0.717, 1.165) is 32.5 Å². The molecule has 1 aliphatic rings. The van der Waals surface area contributed by atoms with Crippen LogP contribution in [0.1, 0.15) is 32.3 Å². The van der Waals surface area contributed by atoms with Crippen molar-refractivity contribution >= 4 is 10.0 Å². The average Bonchev–Trinajstić information content (AvgIpc) is 2.53. The van der Waals surface area contributed by atoms with Crippen LogP contribution in [0.3, 0.4) is 0 Å². The molecule has 0 saturated carbocycles. The van der Waals surface area contributed by atoms with Crippen molar-refractivity contribution in [2.45, 2.75) is 33.1 Å². The highest BCUT2D eigenvalue weighted by Gasteiger charge is 2.21. The minimum absolute atomic E-state index is 0.0693. The van der Waals surface area contributed by atoms with Crippen molar-refractivity contribution in [2.75, 3.05) is 31.9 Å². The van der Waals surface area contributed by atoms with Crippen LogP contribution in [0.15, 0.2) is 24.3 Å². The zero-order chi connectivity index (χ0) is 17.6. The number of nitrogens with one attached hydrogen (secondary N) is 1. The van der Waals surface area contributed by atoms with E-state index in [-0.39, 0.29) is 18.0 Å². The zero-order valence-corrected chi connectivity index (χ0v) is 15.5. The summed E-state index contributed by atoms with van der Waals surface area (Å²) in [6, 6.07) is 6.33. The number of hydrogen-bond acceptors (Lipinski definition) is 3. The van der Waals surface area contributed by atoms with Gasteiger partial charge in [0.25, 0.3) is 0 Å². The smallest absolute Gasteiger partial charge is 0.211 e. The molecule has 6 heteroatoms. The van der Waals surface area contributed by atoms with E-state index >= 15 is 0 Å². The molecule has 1 heterocycles. The van der Waals surface area contributed by atoms with Crippen molar-refractivity contribution < 1.29 is 12.8 Å². The summed E-state index contributed by atoms with van der Waals surface area (Å²) in [6.07, 6.45) is 2.26. The molecule has 1 aromatic carbocycles. The Bertz CT molecular complexity index is 611. The lowest BCUT2D eigenvalue weighted by atomic mass is 9.96. The fraction of sp³-hybridized carbons (Fsp3) is 0.667. The Hall–Kier alpha value is -0.980. The van der Waals surface area contributed by atoms with Crippen molar-refractivity contribution in [1.29, 1.82) is 0 Å². The summed E-state index contributed by atoms with van der Waals surface area (Å²) in [5.41, 5.74) is 0.449. The van der Waals surface area contributed by atoms with Crippen LogP contribution in [-0.2, 0) is 16.4 Å². The van der Waals surface area contributed by atoms with Gasteiger partial charge in [-0.05, 0) is 55.8 Å². The van der Waals surface area contributed by atoms with Gasteiger partial charge in [0.15, 0.2) is 0 Å². The molecule has 1 saturated heterocycles. The van der Waals surface area contributed by atoms with Crippen LogP contribution in [0.25, 0.3) is 0 Å². The van der Waals surface area contributed by atoms with Crippen LogP contribution in [0.2, 0.25) is 0 Å². The van der Waals surface area contributed by atoms with Crippen LogP contribution in [0.5, 0.6) is 0 Å². The van der Waals surface area contributed by atoms with Crippen LogP contribution in [-0.4, -0.2) is 45.2 Å². The Morgan fingerprint density at radius 1 is 1.25 bits per heavy atom. The number of sulfonamides is 1. The second kappa shape index (κ2) is 8.92. The van der Waals surface area contributed by atoms with Crippen molar-refractivity contribution in [2.24, 2.45) is 11.8 Å². The van der Waals surface area contributed by atoms with Gasteiger partial charge >= 0.3 is 0 Å². The van der Waals surface area contributed by atoms with Crippen molar-refractivity contribution in [1.82, 2.24) is 9.62 Å². The summed E-state index contributed by atoms with van der Waals surface area (Å²) in [7, 11) is -3.36. The SMILES string of the molecule is CC(C)CN1CCC(CNS(=O)(=O)CCc2ccccc2F)CC1. The fourth-order valence-corrected chi connectivity index (χ4v) is 4.27. The second-order valence-electron chi connectivity index (χ2n) is 7.15. The molecule has 0 aromatic heterocycles. The highest BCUT2D eigenvalue weighted by molar-refractivity contribution is 7.89. The molecule has 1 N–H and O–H groups in total. The molecule has 0 spiro atoms. The van der Waals surface area contributed by atoms with Gasteiger partial charge in [0.2, 0.25) is 10.0 Å². The number of halogens is 1. The average molecular weight is 357 g/mol. The van der Waals surface area contributed by atoms with Gasteiger partial charge in [0.05, 0.1) is 5.75 Å². The summed E-state index contributed by atoms with van der Waals surface area (Å²) in [5, 5.41) is 0. The van der Waals surface area contributed by atoms with Crippen LogP contribution < -0.4 is 4.72 Å². The lowest BCUT2D eigenvalue weighted by Crippen LogP contribution is -2.40. The minimum atomic E-state index is -3.36. The van der Waals surface area contributed by atoms with Gasteiger partial charge in [0.1, 0.15) is 5.82 Å². The predicted octanol–water partition coefficient (Wildman–Crippen LogP) is 2.66. The highest BCUT2D eigenvalue weighted by Crippen LogP contribution is 2.17. The Balaban J connectivity index is 1.72. The number of hydrogen-bond donors (Lipinski definition) is 1. The molecule has 1 aromatic rings. The van der Waals surface area contributed by atoms with E-state index < -0.39 is 10.0 Å². The molecule has 0 radical (unpaired) electrons. The maximum absolute atomic E-state index is 13.5. The highest BCUT2D eigenvalue weighted by atomic mass is 32.2. The molecular weight excluding hydrogens is 327 g/mol. The lowest BCUT2D eigenvalue weighted by molar-refractivity contribution is 0.169. The van der Waals surface area contributed by atoms with Gasteiger partial charge in [-0.1, -0.05) is 32.0 Å². The third-order valence-corrected chi connectivity index (χ3v) is 5.87. The Morgan fingerprint density at radius 3 is 2.54 bits per heavy atom. The van der Waals surface area contributed by atoms with E-state index in [1.54, 1.807) is 18.2 Å². The Morgan fingerprint density at radius 2 is 1.92 bits per heavy atom. The number of piperidine rings is 1. The predicted molar refractivity (Wildman–Crippen MR) is 95.9 cm³/mol. The molecular formula is C18H29FN2O2S. The fourth-order valence-electron chi connectivity index (χ4n) is 3.15. The molecule has 0 atom stereocenters. The summed E-state index contributed by atoms with van der Waals surface area (Å²) in [4.78, 5) is 2.45. The first-order valence-electron chi connectivity index (χ1n) is 8.79. The van der Waals surface area contributed by atoms with Crippen LogP contribution >= 0.6 is 0 Å². The summed E-state index contributed by atoms with van der Waals surface area (Å²) in [6.45, 7) is 8.13. The molecule has 0 unspecified atom stereocenters. The van der Waals surface area contributed by atoms with E-state index in [2.05, 4.69) is 23.5 Å². The van der Waals surface area contributed by atoms with Gasteiger partial charge < -0.3 is 4.90 Å². The summed E-state index contributed by atoms with van der Waals surface area (Å²) in [5.74, 6) is 0.653. The Labute approximate surface area is 145 Å². The number of nitrogens with zero attached hydrogens (tertiary/aromatic N) is 1. The van der Waals surface area contributed by atoms with Crippen molar-refractivity contribution in [3.63, 3.8) is 0 Å². The molecule has 0 bridgehead atoms. The van der Waals surface area contributed by atoms with Gasteiger partial charge in [-0.15, -0.1) is 0 Å². The largest absolute Gasteiger partial charge is 0.303 e. The van der Waals surface area contributed by atoms with E-state index in [0.29, 0.717) is 23.9 Å². The normalized spacial score (nSPS) is 17.5. The van der Waals surface area contributed by atoms with Gasteiger partial charge in [-0.2, -0.15) is 0 Å². The van der Waals surface area contributed by atoms with Crippen LogP contribution in [0, 0.1) is 17.7 Å². The first-order valence-corrected chi connectivity index (χ1v) is 10.4. The molecule has 1 aliphatic heterocycles. The number of likely N-dealkylation sites (tertiary alicyclic amines) is 1. The van der Waals surface area contributed by atoms with Gasteiger partial charge in [0, 0.05) is 13.1 Å². The van der Waals surface area contributed by atoms with E-state index in [4.69, 9.17) is 0 Å². The van der Waals surface area contributed by atoms with Crippen molar-refractivity contribution in [3.8, 4) is 0 Å². The summed E-state index contributed by atoms with van der Waals surface area (Å²) < 4.78 is 40.5. The lowest BCUT2D eigenvalue weighted by Gasteiger charge is -2.33. The molecule has 24 heavy (non-hydrogen) atoms. The topological polar surface area (TPSA) is 49.4 Å². The van der Waals surface area contributed by atoms with E-state index in [1.165, 1.54) is 6.07 Å². The number of aryl methyl sites for hydroxylation is 1. The quantitative estimate of drug-likeness (QED) is 0.779. The zero-order valence-electron chi connectivity index (χ0n) is 14.7. The first kappa shape index (κ1) is 19.3. The van der Waals surface area contributed by atoms with Gasteiger partial charge in [-0.25, -0.2) is 17.5 Å². The van der Waals surface area contributed by atoms with E-state index in [1.807, 2.05) is 0 Å². The van der Waals surface area contributed by atoms with Crippen molar-refractivity contribution in [3.05, 3.63) is 35.6 Å². The van der Waals surface area contributed by atoms with Crippen LogP contribution in [0.4, 0.5) is 4.39 Å². The van der Waals surface area contributed by atoms with E-state index in [9.17, 15) is 12.8 Å². The number of rotatable bonds is 8. The summed E-state index contributed by atoms with van der Waals surface area (Å²) >= 11 is 0. The van der Waals surface area contributed by atoms with Gasteiger partial charge in [-0.3, -0.25) is 0 Å². The molecule has 4 nitrogen and oxygen atoms in total. The standard InChI is InChI=1S/C18H29FN2O2S/c1-15(2)14-21-10-7-16(8-11-21)13-20-24(22,23)12-9-17-5-3-4-6-18(17)19/h3-6,15-16,20H,7-14H2,1-2H3. The minimum Gasteiger partial charge on any atom is -0.303 e. The molecule has 0 amide bonds. The Kier molecular flexibility index (Phi) is 7.19. The number of benzene rings is 1. The molecule has 1 fully saturated rings. The molecule has 136 valence electrons.